The summed E-state index contributed by atoms with van der Waals surface area (Å²) in [5.41, 5.74) is 0.454. The van der Waals surface area contributed by atoms with E-state index in [0.717, 1.165) is 4.88 Å². The number of esters is 1. The number of nitrogens with zero attached hydrogens (tertiary/aromatic N) is 4. The SMILES string of the molecule is COC(=O)c1ccc2c(=O)[nH]c(CSc3nnc(-c4cccs4)n3N)nc2c1. The lowest BCUT2D eigenvalue weighted by atomic mass is 10.1. The van der Waals surface area contributed by atoms with Gasteiger partial charge in [-0.15, -0.1) is 21.5 Å². The summed E-state index contributed by atoms with van der Waals surface area (Å²) in [4.78, 5) is 32.1. The normalized spacial score (nSPS) is 11.0. The molecule has 1 aromatic carbocycles. The Bertz CT molecular complexity index is 1220. The van der Waals surface area contributed by atoms with Gasteiger partial charge < -0.3 is 15.6 Å². The van der Waals surface area contributed by atoms with Crippen LogP contribution in [0.2, 0.25) is 0 Å². The van der Waals surface area contributed by atoms with Gasteiger partial charge in [-0.2, -0.15) is 0 Å². The number of aromatic nitrogens is 5. The summed E-state index contributed by atoms with van der Waals surface area (Å²) in [5, 5.41) is 11.0. The molecule has 3 aromatic heterocycles. The van der Waals surface area contributed by atoms with Gasteiger partial charge in [-0.3, -0.25) is 4.79 Å². The van der Waals surface area contributed by atoms with E-state index in [1.165, 1.54) is 47.0 Å². The van der Waals surface area contributed by atoms with Gasteiger partial charge in [0.15, 0.2) is 5.82 Å². The lowest BCUT2D eigenvalue weighted by molar-refractivity contribution is 0.0601. The number of H-pyrrole nitrogens is 1. The predicted octanol–water partition coefficient (Wildman–Crippen LogP) is 2.04. The number of ether oxygens (including phenoxy) is 1. The summed E-state index contributed by atoms with van der Waals surface area (Å²) in [6.07, 6.45) is 0. The molecular weight excluding hydrogens is 400 g/mol. The van der Waals surface area contributed by atoms with Crippen LogP contribution in [0, 0.1) is 0 Å². The minimum absolute atomic E-state index is 0.287. The van der Waals surface area contributed by atoms with E-state index < -0.39 is 5.97 Å². The van der Waals surface area contributed by atoms with E-state index in [0.29, 0.717) is 39.0 Å². The Kier molecular flexibility index (Phi) is 4.84. The van der Waals surface area contributed by atoms with Crippen molar-refractivity contribution in [1.82, 2.24) is 24.8 Å². The number of hydrogen-bond acceptors (Lipinski definition) is 9. The van der Waals surface area contributed by atoms with Gasteiger partial charge in [0, 0.05) is 0 Å². The Morgan fingerprint density at radius 3 is 2.96 bits per heavy atom. The summed E-state index contributed by atoms with van der Waals surface area (Å²) in [6, 6.07) is 8.43. The number of carbonyl (C=O) groups excluding carboxylic acids is 1. The van der Waals surface area contributed by atoms with Crippen LogP contribution in [0.1, 0.15) is 16.2 Å². The number of hydrogen-bond donors (Lipinski definition) is 2. The van der Waals surface area contributed by atoms with Gasteiger partial charge >= 0.3 is 5.97 Å². The van der Waals surface area contributed by atoms with Gasteiger partial charge in [-0.05, 0) is 29.6 Å². The second-order valence-corrected chi connectivity index (χ2v) is 7.57. The van der Waals surface area contributed by atoms with Gasteiger partial charge in [0.1, 0.15) is 5.82 Å². The molecule has 0 unspecified atom stereocenters. The Morgan fingerprint density at radius 2 is 2.21 bits per heavy atom. The average Bonchev–Trinajstić information content (AvgIpc) is 3.35. The zero-order valence-corrected chi connectivity index (χ0v) is 16.2. The van der Waals surface area contributed by atoms with Crippen molar-refractivity contribution in [2.75, 3.05) is 13.0 Å². The largest absolute Gasteiger partial charge is 0.465 e. The lowest BCUT2D eigenvalue weighted by Crippen LogP contribution is -2.13. The monoisotopic (exact) mass is 414 g/mol. The molecule has 9 nitrogen and oxygen atoms in total. The molecule has 3 N–H and O–H groups in total. The molecule has 3 heterocycles. The maximum absolute atomic E-state index is 12.3. The van der Waals surface area contributed by atoms with Crippen molar-refractivity contribution in [2.45, 2.75) is 10.9 Å². The van der Waals surface area contributed by atoms with E-state index in [1.54, 1.807) is 6.07 Å². The first-order chi connectivity index (χ1) is 13.6. The fourth-order valence-corrected chi connectivity index (χ4v) is 4.02. The topological polar surface area (TPSA) is 129 Å². The fourth-order valence-electron chi connectivity index (χ4n) is 2.58. The Hall–Kier alpha value is -3.18. The molecule has 0 atom stereocenters. The molecule has 4 aromatic rings. The Morgan fingerprint density at radius 1 is 1.36 bits per heavy atom. The zero-order valence-electron chi connectivity index (χ0n) is 14.6. The van der Waals surface area contributed by atoms with E-state index in [9.17, 15) is 9.59 Å². The second-order valence-electron chi connectivity index (χ2n) is 5.68. The highest BCUT2D eigenvalue weighted by Gasteiger charge is 2.14. The highest BCUT2D eigenvalue weighted by molar-refractivity contribution is 7.98. The fraction of sp³-hybridized carbons (Fsp3) is 0.118. The molecule has 4 rings (SSSR count). The standard InChI is InChI=1S/C17H14N6O3S2/c1-26-16(25)9-4-5-10-11(7-9)19-13(20-15(10)24)8-28-17-22-21-14(23(17)18)12-3-2-6-27-12/h2-7H,8,18H2,1H3,(H,19,20,24). The molecule has 0 saturated carbocycles. The molecule has 11 heteroatoms. The smallest absolute Gasteiger partial charge is 0.337 e. The van der Waals surface area contributed by atoms with Crippen LogP contribution < -0.4 is 11.4 Å². The molecule has 0 bridgehead atoms. The first-order valence-electron chi connectivity index (χ1n) is 8.05. The van der Waals surface area contributed by atoms with Crippen molar-refractivity contribution in [1.29, 1.82) is 0 Å². The summed E-state index contributed by atoms with van der Waals surface area (Å²) >= 11 is 2.81. The van der Waals surface area contributed by atoms with E-state index >= 15 is 0 Å². The number of fused-ring (bicyclic) bond motifs is 1. The number of nitrogen functional groups attached to an aromatic ring is 1. The average molecular weight is 414 g/mol. The maximum Gasteiger partial charge on any atom is 0.337 e. The molecule has 0 aliphatic rings. The van der Waals surface area contributed by atoms with E-state index in [1.807, 2.05) is 17.5 Å². The van der Waals surface area contributed by atoms with Gasteiger partial charge in [-0.1, -0.05) is 17.8 Å². The van der Waals surface area contributed by atoms with E-state index in [-0.39, 0.29) is 5.56 Å². The van der Waals surface area contributed by atoms with Gasteiger partial charge in [-0.25, -0.2) is 14.5 Å². The minimum Gasteiger partial charge on any atom is -0.465 e. The number of nitrogens with one attached hydrogen (secondary N) is 1. The molecule has 0 aliphatic carbocycles. The first kappa shape index (κ1) is 18.2. The number of rotatable bonds is 5. The highest BCUT2D eigenvalue weighted by atomic mass is 32.2. The number of thiophene rings is 1. The first-order valence-corrected chi connectivity index (χ1v) is 9.92. The summed E-state index contributed by atoms with van der Waals surface area (Å²) in [5.74, 6) is 6.92. The van der Waals surface area contributed by atoms with Crippen LogP contribution in [-0.2, 0) is 10.5 Å². The molecule has 0 fully saturated rings. The Balaban J connectivity index is 1.60. The van der Waals surface area contributed by atoms with Gasteiger partial charge in [0.05, 0.1) is 34.2 Å². The van der Waals surface area contributed by atoms with Crippen LogP contribution in [0.5, 0.6) is 0 Å². The molecular formula is C17H14N6O3S2. The summed E-state index contributed by atoms with van der Waals surface area (Å²) in [6.45, 7) is 0. The molecule has 0 saturated heterocycles. The van der Waals surface area contributed by atoms with Crippen molar-refractivity contribution >= 4 is 40.0 Å². The number of thioether (sulfide) groups is 1. The van der Waals surface area contributed by atoms with Crippen LogP contribution in [-0.4, -0.2) is 37.9 Å². The van der Waals surface area contributed by atoms with Crippen molar-refractivity contribution in [3.63, 3.8) is 0 Å². The minimum atomic E-state index is -0.489. The van der Waals surface area contributed by atoms with Crippen molar-refractivity contribution in [3.05, 3.63) is 57.5 Å². The highest BCUT2D eigenvalue weighted by Crippen LogP contribution is 2.26. The van der Waals surface area contributed by atoms with Gasteiger partial charge in [0.25, 0.3) is 5.56 Å². The van der Waals surface area contributed by atoms with Crippen LogP contribution in [0.3, 0.4) is 0 Å². The molecule has 0 amide bonds. The summed E-state index contributed by atoms with van der Waals surface area (Å²) in [7, 11) is 1.30. The lowest BCUT2D eigenvalue weighted by Gasteiger charge is -2.05. The zero-order chi connectivity index (χ0) is 19.7. The molecule has 0 radical (unpaired) electrons. The van der Waals surface area contributed by atoms with Crippen LogP contribution in [0.25, 0.3) is 21.6 Å². The summed E-state index contributed by atoms with van der Waals surface area (Å²) < 4.78 is 6.12. The van der Waals surface area contributed by atoms with Crippen molar-refractivity contribution in [2.24, 2.45) is 0 Å². The third kappa shape index (κ3) is 3.37. The van der Waals surface area contributed by atoms with Crippen molar-refractivity contribution < 1.29 is 9.53 Å². The van der Waals surface area contributed by atoms with Gasteiger partial charge in [0.2, 0.25) is 5.16 Å². The van der Waals surface area contributed by atoms with Crippen LogP contribution in [0.15, 0.2) is 45.7 Å². The number of benzene rings is 1. The number of aromatic amines is 1. The molecule has 28 heavy (non-hydrogen) atoms. The maximum atomic E-state index is 12.3. The van der Waals surface area contributed by atoms with Crippen molar-refractivity contribution in [3.8, 4) is 10.7 Å². The van der Waals surface area contributed by atoms with Crippen LogP contribution in [0.4, 0.5) is 0 Å². The third-order valence-corrected chi connectivity index (χ3v) is 5.74. The predicted molar refractivity (Wildman–Crippen MR) is 107 cm³/mol. The second kappa shape index (κ2) is 7.44. The molecule has 0 aliphatic heterocycles. The molecule has 0 spiro atoms. The Labute approximate surface area is 166 Å². The number of methoxy groups -OCH3 is 1. The van der Waals surface area contributed by atoms with E-state index in [2.05, 4.69) is 20.2 Å². The molecule has 142 valence electrons. The number of carbonyl (C=O) groups is 1. The van der Waals surface area contributed by atoms with Crippen LogP contribution >= 0.6 is 23.1 Å². The third-order valence-electron chi connectivity index (χ3n) is 3.92. The number of nitrogens with two attached hydrogens (primary N) is 1. The quantitative estimate of drug-likeness (QED) is 0.288. The van der Waals surface area contributed by atoms with E-state index in [4.69, 9.17) is 10.6 Å².